The van der Waals surface area contributed by atoms with Gasteiger partial charge in [-0.25, -0.2) is 4.79 Å². The van der Waals surface area contributed by atoms with E-state index in [2.05, 4.69) is 15.6 Å². The summed E-state index contributed by atoms with van der Waals surface area (Å²) in [4.78, 5) is 25.5. The molecule has 1 aromatic carbocycles. The molecule has 1 atom stereocenters. The molecule has 0 saturated carbocycles. The minimum absolute atomic E-state index is 0.0438. The molecule has 0 aliphatic carbocycles. The molecular formula is C12H13N3O3. The molecular weight excluding hydrogens is 234 g/mol. The van der Waals surface area contributed by atoms with Crippen molar-refractivity contribution in [2.24, 2.45) is 0 Å². The maximum Gasteiger partial charge on any atom is 0.417 e. The van der Waals surface area contributed by atoms with E-state index in [1.807, 2.05) is 0 Å². The van der Waals surface area contributed by atoms with E-state index in [1.165, 1.54) is 0 Å². The Kier molecular flexibility index (Phi) is 2.64. The van der Waals surface area contributed by atoms with Crippen LogP contribution < -0.4 is 16.4 Å². The zero-order valence-electron chi connectivity index (χ0n) is 9.66. The lowest BCUT2D eigenvalue weighted by atomic mass is 10.2. The fraction of sp³-hybridized carbons (Fsp3) is 0.333. The Hall–Kier alpha value is -2.08. The highest BCUT2D eigenvalue weighted by Gasteiger charge is 2.21. The lowest BCUT2D eigenvalue weighted by Crippen LogP contribution is -2.35. The molecule has 18 heavy (non-hydrogen) atoms. The largest absolute Gasteiger partial charge is 0.417 e. The van der Waals surface area contributed by atoms with Crippen LogP contribution in [-0.4, -0.2) is 23.5 Å². The first kappa shape index (κ1) is 11.0. The van der Waals surface area contributed by atoms with Crippen molar-refractivity contribution in [1.29, 1.82) is 0 Å². The van der Waals surface area contributed by atoms with Crippen molar-refractivity contribution in [3.8, 4) is 0 Å². The number of H-pyrrole nitrogens is 1. The number of hydrogen-bond donors (Lipinski definition) is 3. The SMILES string of the molecule is O=C(Nc1ccc2oc(=O)[nH]c2c1)[C@@H]1CCCN1. The number of fused-ring (bicyclic) bond motifs is 1. The van der Waals surface area contributed by atoms with Gasteiger partial charge < -0.3 is 15.1 Å². The van der Waals surface area contributed by atoms with Crippen molar-refractivity contribution in [3.63, 3.8) is 0 Å². The molecule has 3 N–H and O–H groups in total. The minimum atomic E-state index is -0.495. The van der Waals surface area contributed by atoms with Crippen LogP contribution in [0.2, 0.25) is 0 Å². The van der Waals surface area contributed by atoms with Gasteiger partial charge in [0.05, 0.1) is 11.6 Å². The second-order valence-corrected chi connectivity index (χ2v) is 4.36. The summed E-state index contributed by atoms with van der Waals surface area (Å²) in [6.45, 7) is 0.881. The van der Waals surface area contributed by atoms with Crippen LogP contribution in [0, 0.1) is 0 Å². The highest BCUT2D eigenvalue weighted by atomic mass is 16.4. The summed E-state index contributed by atoms with van der Waals surface area (Å²) in [6.07, 6.45) is 1.88. The summed E-state index contributed by atoms with van der Waals surface area (Å²) in [5, 5.41) is 5.95. The molecule has 1 aromatic heterocycles. The van der Waals surface area contributed by atoms with Gasteiger partial charge in [0.25, 0.3) is 0 Å². The van der Waals surface area contributed by atoms with Gasteiger partial charge in [-0.3, -0.25) is 9.78 Å². The van der Waals surface area contributed by atoms with Crippen LogP contribution in [0.25, 0.3) is 11.1 Å². The van der Waals surface area contributed by atoms with E-state index in [9.17, 15) is 9.59 Å². The fourth-order valence-electron chi connectivity index (χ4n) is 2.17. The topological polar surface area (TPSA) is 87.1 Å². The van der Waals surface area contributed by atoms with E-state index in [-0.39, 0.29) is 11.9 Å². The van der Waals surface area contributed by atoms with Gasteiger partial charge in [0, 0.05) is 5.69 Å². The number of aromatic nitrogens is 1. The Labute approximate surface area is 102 Å². The number of nitrogens with one attached hydrogen (secondary N) is 3. The van der Waals surface area contributed by atoms with Gasteiger partial charge in [0.1, 0.15) is 0 Å². The van der Waals surface area contributed by atoms with Gasteiger partial charge in [0.15, 0.2) is 5.58 Å². The molecule has 1 aliphatic rings. The number of rotatable bonds is 2. The van der Waals surface area contributed by atoms with Crippen LogP contribution >= 0.6 is 0 Å². The second-order valence-electron chi connectivity index (χ2n) is 4.36. The number of carbonyl (C=O) groups excluding carboxylic acids is 1. The van der Waals surface area contributed by atoms with Crippen molar-refractivity contribution < 1.29 is 9.21 Å². The zero-order chi connectivity index (χ0) is 12.5. The Morgan fingerprint density at radius 1 is 1.44 bits per heavy atom. The third-order valence-corrected chi connectivity index (χ3v) is 3.06. The molecule has 1 aliphatic heterocycles. The molecule has 0 spiro atoms. The van der Waals surface area contributed by atoms with Crippen LogP contribution in [0.3, 0.4) is 0 Å². The molecule has 1 amide bonds. The Bertz CT molecular complexity index is 637. The minimum Gasteiger partial charge on any atom is -0.408 e. The van der Waals surface area contributed by atoms with Gasteiger partial charge in [-0.1, -0.05) is 0 Å². The summed E-state index contributed by atoms with van der Waals surface area (Å²) >= 11 is 0. The lowest BCUT2D eigenvalue weighted by molar-refractivity contribution is -0.117. The molecule has 3 rings (SSSR count). The fourth-order valence-corrected chi connectivity index (χ4v) is 2.17. The molecule has 6 nitrogen and oxygen atoms in total. The van der Waals surface area contributed by atoms with Crippen molar-refractivity contribution in [2.75, 3.05) is 11.9 Å². The van der Waals surface area contributed by atoms with Gasteiger partial charge >= 0.3 is 5.76 Å². The van der Waals surface area contributed by atoms with Crippen LogP contribution in [0.5, 0.6) is 0 Å². The second kappa shape index (κ2) is 4.30. The van der Waals surface area contributed by atoms with Crippen molar-refractivity contribution >= 4 is 22.7 Å². The third-order valence-electron chi connectivity index (χ3n) is 3.06. The first-order valence-corrected chi connectivity index (χ1v) is 5.89. The predicted molar refractivity (Wildman–Crippen MR) is 66.5 cm³/mol. The first-order valence-electron chi connectivity index (χ1n) is 5.89. The monoisotopic (exact) mass is 247 g/mol. The van der Waals surface area contributed by atoms with Crippen molar-refractivity contribution in [3.05, 3.63) is 28.7 Å². The highest BCUT2D eigenvalue weighted by molar-refractivity contribution is 5.96. The zero-order valence-corrected chi connectivity index (χ0v) is 9.66. The quantitative estimate of drug-likeness (QED) is 0.733. The summed E-state index contributed by atoms with van der Waals surface area (Å²) in [5.41, 5.74) is 1.72. The average molecular weight is 247 g/mol. The van der Waals surface area contributed by atoms with E-state index < -0.39 is 5.76 Å². The number of oxazole rings is 1. The predicted octanol–water partition coefficient (Wildman–Crippen LogP) is 0.812. The maximum atomic E-state index is 11.9. The van der Waals surface area contributed by atoms with E-state index in [0.717, 1.165) is 19.4 Å². The Balaban J connectivity index is 1.81. The molecule has 0 radical (unpaired) electrons. The molecule has 94 valence electrons. The van der Waals surface area contributed by atoms with Crippen LogP contribution in [-0.2, 0) is 4.79 Å². The maximum absolute atomic E-state index is 11.9. The number of amides is 1. The first-order chi connectivity index (χ1) is 8.72. The van der Waals surface area contributed by atoms with Crippen LogP contribution in [0.1, 0.15) is 12.8 Å². The van der Waals surface area contributed by atoms with Gasteiger partial charge in [-0.15, -0.1) is 0 Å². The van der Waals surface area contributed by atoms with Crippen LogP contribution in [0.15, 0.2) is 27.4 Å². The molecule has 0 unspecified atom stereocenters. The lowest BCUT2D eigenvalue weighted by Gasteiger charge is -2.10. The summed E-state index contributed by atoms with van der Waals surface area (Å²) in [7, 11) is 0. The Morgan fingerprint density at radius 2 is 2.33 bits per heavy atom. The normalized spacial score (nSPS) is 19.2. The van der Waals surface area contributed by atoms with Gasteiger partial charge in [-0.2, -0.15) is 0 Å². The van der Waals surface area contributed by atoms with Crippen LogP contribution in [0.4, 0.5) is 5.69 Å². The van der Waals surface area contributed by atoms with Gasteiger partial charge in [-0.05, 0) is 37.6 Å². The Morgan fingerprint density at radius 3 is 3.11 bits per heavy atom. The van der Waals surface area contributed by atoms with Crippen molar-refractivity contribution in [2.45, 2.75) is 18.9 Å². The average Bonchev–Trinajstić information content (AvgIpc) is 2.95. The number of hydrogen-bond acceptors (Lipinski definition) is 4. The third kappa shape index (κ3) is 2.02. The number of anilines is 1. The molecule has 0 bridgehead atoms. The summed E-state index contributed by atoms with van der Waals surface area (Å²) in [5.74, 6) is -0.538. The van der Waals surface area contributed by atoms with E-state index in [4.69, 9.17) is 4.42 Å². The molecule has 6 heteroatoms. The van der Waals surface area contributed by atoms with E-state index in [0.29, 0.717) is 16.8 Å². The summed E-state index contributed by atoms with van der Waals surface area (Å²) in [6, 6.07) is 4.94. The summed E-state index contributed by atoms with van der Waals surface area (Å²) < 4.78 is 4.89. The van der Waals surface area contributed by atoms with Gasteiger partial charge in [0.2, 0.25) is 5.91 Å². The number of aromatic amines is 1. The standard InChI is InChI=1S/C12H13N3O3/c16-11(8-2-1-5-13-8)14-7-3-4-10-9(6-7)15-12(17)18-10/h3-4,6,8,13H,1-2,5H2,(H,14,16)(H,15,17)/t8-/m0/s1. The highest BCUT2D eigenvalue weighted by Crippen LogP contribution is 2.17. The van der Waals surface area contributed by atoms with E-state index >= 15 is 0 Å². The van der Waals surface area contributed by atoms with E-state index in [1.54, 1.807) is 18.2 Å². The molecule has 1 fully saturated rings. The number of carbonyl (C=O) groups is 1. The smallest absolute Gasteiger partial charge is 0.408 e. The molecule has 2 aromatic rings. The molecule has 1 saturated heterocycles. The number of benzene rings is 1. The van der Waals surface area contributed by atoms with Crippen molar-refractivity contribution in [1.82, 2.24) is 10.3 Å². The molecule has 2 heterocycles.